The highest BCUT2D eigenvalue weighted by Crippen LogP contribution is 2.22. The SMILES string of the molecule is CC1CCCCN1Cc1cccn2ncc(CO)c12. The van der Waals surface area contributed by atoms with Gasteiger partial charge in [0.15, 0.2) is 0 Å². The molecule has 0 bridgehead atoms. The first-order valence-electron chi connectivity index (χ1n) is 7.08. The summed E-state index contributed by atoms with van der Waals surface area (Å²) in [4.78, 5) is 2.53. The first-order valence-corrected chi connectivity index (χ1v) is 7.08. The summed E-state index contributed by atoms with van der Waals surface area (Å²) < 4.78 is 1.87. The van der Waals surface area contributed by atoms with Gasteiger partial charge in [0.2, 0.25) is 0 Å². The fourth-order valence-corrected chi connectivity index (χ4v) is 3.04. The maximum Gasteiger partial charge on any atom is 0.0761 e. The first-order chi connectivity index (χ1) is 9.29. The lowest BCUT2D eigenvalue weighted by Crippen LogP contribution is -2.36. The van der Waals surface area contributed by atoms with Gasteiger partial charge in [-0.05, 0) is 37.9 Å². The zero-order valence-electron chi connectivity index (χ0n) is 11.4. The van der Waals surface area contributed by atoms with Gasteiger partial charge in [-0.1, -0.05) is 12.5 Å². The van der Waals surface area contributed by atoms with Gasteiger partial charge in [0.25, 0.3) is 0 Å². The van der Waals surface area contributed by atoms with Crippen molar-refractivity contribution in [2.75, 3.05) is 6.54 Å². The minimum atomic E-state index is 0.0517. The van der Waals surface area contributed by atoms with E-state index in [-0.39, 0.29) is 6.61 Å². The fraction of sp³-hybridized carbons (Fsp3) is 0.533. The summed E-state index contributed by atoms with van der Waals surface area (Å²) in [6.45, 7) is 4.48. The Morgan fingerprint density at radius 2 is 2.26 bits per heavy atom. The Morgan fingerprint density at radius 3 is 3.05 bits per heavy atom. The maximum atomic E-state index is 9.44. The number of nitrogens with zero attached hydrogens (tertiary/aromatic N) is 3. The molecule has 1 aliphatic rings. The van der Waals surface area contributed by atoms with Gasteiger partial charge in [0, 0.05) is 24.3 Å². The molecule has 2 aromatic rings. The van der Waals surface area contributed by atoms with Crippen LogP contribution >= 0.6 is 0 Å². The molecule has 0 radical (unpaired) electrons. The second kappa shape index (κ2) is 5.31. The highest BCUT2D eigenvalue weighted by atomic mass is 16.3. The van der Waals surface area contributed by atoms with Gasteiger partial charge in [0.05, 0.1) is 18.3 Å². The molecule has 2 aromatic heterocycles. The normalized spacial score (nSPS) is 21.1. The number of likely N-dealkylation sites (tertiary alicyclic amines) is 1. The number of piperidine rings is 1. The van der Waals surface area contributed by atoms with Crippen LogP contribution in [0.2, 0.25) is 0 Å². The second-order valence-electron chi connectivity index (χ2n) is 5.47. The monoisotopic (exact) mass is 259 g/mol. The van der Waals surface area contributed by atoms with Gasteiger partial charge in [-0.25, -0.2) is 4.52 Å². The van der Waals surface area contributed by atoms with Crippen molar-refractivity contribution in [3.63, 3.8) is 0 Å². The lowest BCUT2D eigenvalue weighted by atomic mass is 10.0. The third-order valence-electron chi connectivity index (χ3n) is 4.18. The highest BCUT2D eigenvalue weighted by Gasteiger charge is 2.19. The van der Waals surface area contributed by atoms with Crippen molar-refractivity contribution in [3.8, 4) is 0 Å². The zero-order valence-corrected chi connectivity index (χ0v) is 11.4. The van der Waals surface area contributed by atoms with Crippen LogP contribution in [-0.2, 0) is 13.2 Å². The fourth-order valence-electron chi connectivity index (χ4n) is 3.04. The molecule has 0 spiro atoms. The van der Waals surface area contributed by atoms with Gasteiger partial charge >= 0.3 is 0 Å². The molecule has 102 valence electrons. The van der Waals surface area contributed by atoms with Gasteiger partial charge in [0.1, 0.15) is 0 Å². The summed E-state index contributed by atoms with van der Waals surface area (Å²) in [6, 6.07) is 4.83. The Balaban J connectivity index is 1.93. The Kier molecular flexibility index (Phi) is 3.53. The molecule has 0 aromatic carbocycles. The number of pyridine rings is 1. The molecule has 1 N–H and O–H groups in total. The number of fused-ring (bicyclic) bond motifs is 1. The van der Waals surface area contributed by atoms with E-state index >= 15 is 0 Å². The number of rotatable bonds is 3. The van der Waals surface area contributed by atoms with Crippen LogP contribution in [0.4, 0.5) is 0 Å². The Morgan fingerprint density at radius 1 is 1.37 bits per heavy atom. The molecule has 3 rings (SSSR count). The topological polar surface area (TPSA) is 40.8 Å². The zero-order chi connectivity index (χ0) is 13.2. The summed E-state index contributed by atoms with van der Waals surface area (Å²) in [6.07, 6.45) is 7.63. The molecular formula is C15H21N3O. The lowest BCUT2D eigenvalue weighted by Gasteiger charge is -2.33. The largest absolute Gasteiger partial charge is 0.392 e. The van der Waals surface area contributed by atoms with Crippen molar-refractivity contribution >= 4 is 5.52 Å². The molecule has 3 heterocycles. The molecule has 19 heavy (non-hydrogen) atoms. The average molecular weight is 259 g/mol. The minimum Gasteiger partial charge on any atom is -0.392 e. The van der Waals surface area contributed by atoms with Gasteiger partial charge in [-0.2, -0.15) is 5.10 Å². The Hall–Kier alpha value is -1.39. The smallest absolute Gasteiger partial charge is 0.0761 e. The minimum absolute atomic E-state index is 0.0517. The quantitative estimate of drug-likeness (QED) is 0.918. The van der Waals surface area contributed by atoms with Crippen LogP contribution in [0.3, 0.4) is 0 Å². The number of hydrogen-bond donors (Lipinski definition) is 1. The average Bonchev–Trinajstić information content (AvgIpc) is 2.85. The third-order valence-corrected chi connectivity index (χ3v) is 4.18. The number of aliphatic hydroxyl groups excluding tert-OH is 1. The predicted molar refractivity (Wildman–Crippen MR) is 74.8 cm³/mol. The van der Waals surface area contributed by atoms with Crippen molar-refractivity contribution in [1.29, 1.82) is 0 Å². The summed E-state index contributed by atoms with van der Waals surface area (Å²) in [5.41, 5.74) is 3.25. The second-order valence-corrected chi connectivity index (χ2v) is 5.47. The molecule has 0 saturated carbocycles. The van der Waals surface area contributed by atoms with Crippen LogP contribution in [0.1, 0.15) is 37.3 Å². The molecule has 1 saturated heterocycles. The van der Waals surface area contributed by atoms with Crippen molar-refractivity contribution in [2.45, 2.75) is 45.4 Å². The van der Waals surface area contributed by atoms with Crippen LogP contribution in [0.25, 0.3) is 5.52 Å². The van der Waals surface area contributed by atoms with Crippen LogP contribution in [0.15, 0.2) is 24.5 Å². The van der Waals surface area contributed by atoms with Crippen molar-refractivity contribution in [2.24, 2.45) is 0 Å². The van der Waals surface area contributed by atoms with E-state index < -0.39 is 0 Å². The summed E-state index contributed by atoms with van der Waals surface area (Å²) >= 11 is 0. The number of hydrogen-bond acceptors (Lipinski definition) is 3. The highest BCUT2D eigenvalue weighted by molar-refractivity contribution is 5.60. The van der Waals surface area contributed by atoms with E-state index in [1.165, 1.54) is 31.4 Å². The predicted octanol–water partition coefficient (Wildman–Crippen LogP) is 2.20. The molecular weight excluding hydrogens is 238 g/mol. The molecule has 0 amide bonds. The van der Waals surface area contributed by atoms with Gasteiger partial charge < -0.3 is 5.11 Å². The first kappa shape index (κ1) is 12.6. The molecule has 0 aliphatic carbocycles. The van der Waals surface area contributed by atoms with E-state index in [9.17, 15) is 5.11 Å². The van der Waals surface area contributed by atoms with Crippen LogP contribution in [-0.4, -0.2) is 32.2 Å². The summed E-state index contributed by atoms with van der Waals surface area (Å²) in [7, 11) is 0. The molecule has 1 aliphatic heterocycles. The van der Waals surface area contributed by atoms with Gasteiger partial charge in [-0.15, -0.1) is 0 Å². The maximum absolute atomic E-state index is 9.44. The van der Waals surface area contributed by atoms with E-state index in [2.05, 4.69) is 23.0 Å². The molecule has 1 fully saturated rings. The van der Waals surface area contributed by atoms with Crippen molar-refractivity contribution < 1.29 is 5.11 Å². The Bertz CT molecular complexity index is 564. The van der Waals surface area contributed by atoms with E-state index in [4.69, 9.17) is 0 Å². The van der Waals surface area contributed by atoms with Crippen LogP contribution in [0.5, 0.6) is 0 Å². The van der Waals surface area contributed by atoms with Crippen molar-refractivity contribution in [1.82, 2.24) is 14.5 Å². The standard InChI is InChI=1S/C15H21N3O/c1-12-5-2-3-7-17(12)10-13-6-4-8-18-15(13)14(11-19)9-16-18/h4,6,8-9,12,19H,2-3,5,7,10-11H2,1H3. The van der Waals surface area contributed by atoms with E-state index in [0.717, 1.165) is 17.6 Å². The molecule has 1 unspecified atom stereocenters. The molecule has 1 atom stereocenters. The van der Waals surface area contributed by atoms with Crippen molar-refractivity contribution in [3.05, 3.63) is 35.7 Å². The summed E-state index contributed by atoms with van der Waals surface area (Å²) in [5, 5.41) is 13.7. The molecule has 4 nitrogen and oxygen atoms in total. The van der Waals surface area contributed by atoms with Crippen LogP contribution < -0.4 is 0 Å². The Labute approximate surface area is 113 Å². The summed E-state index contributed by atoms with van der Waals surface area (Å²) in [5.74, 6) is 0. The van der Waals surface area contributed by atoms with E-state index in [1.54, 1.807) is 6.20 Å². The molecule has 4 heteroatoms. The lowest BCUT2D eigenvalue weighted by molar-refractivity contribution is 0.153. The van der Waals surface area contributed by atoms with E-state index in [1.807, 2.05) is 16.8 Å². The number of aliphatic hydroxyl groups is 1. The van der Waals surface area contributed by atoms with Crippen LogP contribution in [0, 0.1) is 0 Å². The number of aromatic nitrogens is 2. The van der Waals surface area contributed by atoms with Gasteiger partial charge in [-0.3, -0.25) is 4.90 Å². The third kappa shape index (κ3) is 2.38. The van der Waals surface area contributed by atoms with E-state index in [0.29, 0.717) is 6.04 Å².